The summed E-state index contributed by atoms with van der Waals surface area (Å²) in [6, 6.07) is 3.96. The van der Waals surface area contributed by atoms with Crippen molar-refractivity contribution in [1.29, 1.82) is 0 Å². The molecule has 0 saturated carbocycles. The number of amides is 3. The Morgan fingerprint density at radius 2 is 2.08 bits per heavy atom. The summed E-state index contributed by atoms with van der Waals surface area (Å²) >= 11 is 0. The lowest BCUT2D eigenvalue weighted by molar-refractivity contribution is -0.157. The van der Waals surface area contributed by atoms with Gasteiger partial charge >= 0.3 is 6.09 Å². The number of Topliss-reactive ketones (excluding diaryl/α,β-unsaturated/α-hetero) is 1. The monoisotopic (exact) mass is 362 g/mol. The number of ketones is 1. The molecule has 2 unspecified atom stereocenters. The highest BCUT2D eigenvalue weighted by Crippen LogP contribution is 2.36. The van der Waals surface area contributed by atoms with Crippen molar-refractivity contribution in [2.24, 2.45) is 11.8 Å². The van der Waals surface area contributed by atoms with Gasteiger partial charge in [0.1, 0.15) is 5.82 Å². The first kappa shape index (κ1) is 18.0. The topological polar surface area (TPSA) is 92.8 Å². The Bertz CT molecular complexity index is 779. The number of carbonyl (C=O) groups is 4. The van der Waals surface area contributed by atoms with E-state index >= 15 is 0 Å². The van der Waals surface area contributed by atoms with Crippen LogP contribution in [-0.4, -0.2) is 41.9 Å². The Morgan fingerprint density at radius 3 is 2.81 bits per heavy atom. The van der Waals surface area contributed by atoms with Gasteiger partial charge in [0.05, 0.1) is 0 Å². The van der Waals surface area contributed by atoms with Gasteiger partial charge in [-0.1, -0.05) is 0 Å². The summed E-state index contributed by atoms with van der Waals surface area (Å²) in [4.78, 5) is 49.7. The van der Waals surface area contributed by atoms with E-state index in [4.69, 9.17) is 4.74 Å². The van der Waals surface area contributed by atoms with Crippen LogP contribution in [0.1, 0.15) is 35.7 Å². The molecule has 3 amide bonds. The maximum atomic E-state index is 13.4. The molecular formula is C18H19FN2O5. The zero-order chi connectivity index (χ0) is 18.8. The number of fused-ring (bicyclic) bond motifs is 1. The molecule has 0 spiro atoms. The summed E-state index contributed by atoms with van der Waals surface area (Å²) in [7, 11) is 0. The van der Waals surface area contributed by atoms with Crippen LogP contribution in [0.4, 0.5) is 9.18 Å². The Morgan fingerprint density at radius 1 is 1.31 bits per heavy atom. The van der Waals surface area contributed by atoms with Gasteiger partial charge in [-0.25, -0.2) is 14.1 Å². The lowest BCUT2D eigenvalue weighted by Gasteiger charge is -2.32. The standard InChI is InChI=1S/C18H19FN2O5/c1-2-20-18(25)26-9-21-15(22)6-5-13(17(21)24)14-8-10-7-11(19)3-4-12(10)16(14)23/h3-4,7,13-14H,2,5-6,8-9H2,1H3,(H,20,25). The van der Waals surface area contributed by atoms with Crippen LogP contribution in [0.15, 0.2) is 18.2 Å². The van der Waals surface area contributed by atoms with Crippen molar-refractivity contribution in [2.45, 2.75) is 26.2 Å². The van der Waals surface area contributed by atoms with Crippen molar-refractivity contribution >= 4 is 23.7 Å². The highest BCUT2D eigenvalue weighted by atomic mass is 19.1. The number of hydrogen-bond acceptors (Lipinski definition) is 5. The van der Waals surface area contributed by atoms with Gasteiger partial charge in [-0.05, 0) is 43.5 Å². The molecule has 2 atom stereocenters. The molecule has 3 rings (SSSR count). The molecule has 1 saturated heterocycles. The number of carbonyl (C=O) groups excluding carboxylic acids is 4. The number of benzene rings is 1. The van der Waals surface area contributed by atoms with E-state index in [9.17, 15) is 23.6 Å². The first-order valence-electron chi connectivity index (χ1n) is 8.49. The molecule has 1 aromatic rings. The largest absolute Gasteiger partial charge is 0.428 e. The van der Waals surface area contributed by atoms with E-state index in [1.807, 2.05) is 0 Å². The molecule has 26 heavy (non-hydrogen) atoms. The summed E-state index contributed by atoms with van der Waals surface area (Å²) in [5.41, 5.74) is 1.00. The predicted octanol–water partition coefficient (Wildman–Crippen LogP) is 1.65. The highest BCUT2D eigenvalue weighted by Gasteiger charge is 2.45. The number of rotatable bonds is 4. The quantitative estimate of drug-likeness (QED) is 0.822. The first-order chi connectivity index (χ1) is 12.4. The Balaban J connectivity index is 1.73. The minimum Gasteiger partial charge on any atom is -0.428 e. The zero-order valence-electron chi connectivity index (χ0n) is 14.3. The fraction of sp³-hybridized carbons (Fsp3) is 0.444. The molecule has 2 aliphatic rings. The molecule has 0 radical (unpaired) electrons. The van der Waals surface area contributed by atoms with Gasteiger partial charge < -0.3 is 10.1 Å². The normalized spacial score (nSPS) is 22.4. The molecule has 1 aliphatic heterocycles. The highest BCUT2D eigenvalue weighted by molar-refractivity contribution is 6.07. The van der Waals surface area contributed by atoms with Crippen LogP contribution in [0.25, 0.3) is 0 Å². The number of alkyl carbamates (subject to hydrolysis) is 1. The van der Waals surface area contributed by atoms with Crippen LogP contribution in [-0.2, 0) is 20.7 Å². The summed E-state index contributed by atoms with van der Waals surface area (Å²) in [6.07, 6.45) is -0.122. The Labute approximate surface area is 149 Å². The second-order valence-corrected chi connectivity index (χ2v) is 6.37. The van der Waals surface area contributed by atoms with E-state index in [0.29, 0.717) is 17.7 Å². The molecule has 1 heterocycles. The smallest absolute Gasteiger partial charge is 0.408 e. The van der Waals surface area contributed by atoms with Crippen LogP contribution < -0.4 is 5.32 Å². The predicted molar refractivity (Wildman–Crippen MR) is 87.5 cm³/mol. The number of nitrogens with one attached hydrogen (secondary N) is 1. The number of imide groups is 1. The van der Waals surface area contributed by atoms with Crippen molar-refractivity contribution in [3.63, 3.8) is 0 Å². The minimum atomic E-state index is -0.727. The van der Waals surface area contributed by atoms with Crippen molar-refractivity contribution < 1.29 is 28.3 Å². The van der Waals surface area contributed by atoms with Crippen LogP contribution >= 0.6 is 0 Å². The zero-order valence-corrected chi connectivity index (χ0v) is 14.3. The molecule has 8 heteroatoms. The number of ether oxygens (including phenoxy) is 1. The summed E-state index contributed by atoms with van der Waals surface area (Å²) in [5.74, 6) is -2.92. The number of likely N-dealkylation sites (tertiary alicyclic amines) is 1. The summed E-state index contributed by atoms with van der Waals surface area (Å²) in [6.45, 7) is 1.58. The van der Waals surface area contributed by atoms with Crippen molar-refractivity contribution in [3.8, 4) is 0 Å². The van der Waals surface area contributed by atoms with Crippen LogP contribution in [0.3, 0.4) is 0 Å². The molecule has 0 bridgehead atoms. The van der Waals surface area contributed by atoms with Crippen LogP contribution in [0.2, 0.25) is 0 Å². The van der Waals surface area contributed by atoms with Gasteiger partial charge in [-0.15, -0.1) is 0 Å². The first-order valence-corrected chi connectivity index (χ1v) is 8.49. The molecule has 138 valence electrons. The van der Waals surface area contributed by atoms with Gasteiger partial charge in [0.15, 0.2) is 12.5 Å². The van der Waals surface area contributed by atoms with E-state index in [0.717, 1.165) is 4.90 Å². The van der Waals surface area contributed by atoms with E-state index < -0.39 is 42.3 Å². The van der Waals surface area contributed by atoms with Crippen LogP contribution in [0, 0.1) is 17.7 Å². The van der Waals surface area contributed by atoms with E-state index in [1.165, 1.54) is 18.2 Å². The number of halogens is 1. The second kappa shape index (κ2) is 7.23. The molecule has 1 N–H and O–H groups in total. The van der Waals surface area contributed by atoms with Crippen LogP contribution in [0.5, 0.6) is 0 Å². The molecule has 7 nitrogen and oxygen atoms in total. The number of nitrogens with zero attached hydrogens (tertiary/aromatic N) is 1. The van der Waals surface area contributed by atoms with E-state index in [-0.39, 0.29) is 25.0 Å². The van der Waals surface area contributed by atoms with Crippen molar-refractivity contribution in [3.05, 3.63) is 35.1 Å². The fourth-order valence-electron chi connectivity index (χ4n) is 3.51. The molecular weight excluding hydrogens is 343 g/mol. The van der Waals surface area contributed by atoms with Gasteiger partial charge in [0.2, 0.25) is 11.8 Å². The third-order valence-corrected chi connectivity index (χ3v) is 4.79. The second-order valence-electron chi connectivity index (χ2n) is 6.37. The van der Waals surface area contributed by atoms with Gasteiger partial charge in [0.25, 0.3) is 0 Å². The van der Waals surface area contributed by atoms with Gasteiger partial charge in [-0.3, -0.25) is 14.4 Å². The maximum absolute atomic E-state index is 13.4. The average Bonchev–Trinajstić information content (AvgIpc) is 2.91. The fourth-order valence-corrected chi connectivity index (χ4v) is 3.51. The SMILES string of the molecule is CCNC(=O)OCN1C(=O)CCC(C2Cc3cc(F)ccc3C2=O)C1=O. The van der Waals surface area contributed by atoms with Crippen molar-refractivity contribution in [1.82, 2.24) is 10.2 Å². The number of hydrogen-bond donors (Lipinski definition) is 1. The third kappa shape index (κ3) is 3.31. The minimum absolute atomic E-state index is 0.0870. The van der Waals surface area contributed by atoms with Gasteiger partial charge in [0, 0.05) is 30.4 Å². The molecule has 1 fully saturated rings. The van der Waals surface area contributed by atoms with Gasteiger partial charge in [-0.2, -0.15) is 0 Å². The van der Waals surface area contributed by atoms with Crippen molar-refractivity contribution in [2.75, 3.05) is 13.3 Å². The summed E-state index contributed by atoms with van der Waals surface area (Å²) in [5, 5.41) is 2.41. The Hall–Kier alpha value is -2.77. The third-order valence-electron chi connectivity index (χ3n) is 4.79. The Kier molecular flexibility index (Phi) is 5.01. The lowest BCUT2D eigenvalue weighted by atomic mass is 9.82. The average molecular weight is 362 g/mol. The van der Waals surface area contributed by atoms with E-state index in [2.05, 4.69) is 5.32 Å². The molecule has 0 aromatic heterocycles. The number of piperidine rings is 1. The summed E-state index contributed by atoms with van der Waals surface area (Å²) < 4.78 is 18.3. The maximum Gasteiger partial charge on any atom is 0.408 e. The lowest BCUT2D eigenvalue weighted by Crippen LogP contribution is -2.49. The van der Waals surface area contributed by atoms with E-state index in [1.54, 1.807) is 6.92 Å². The molecule has 1 aliphatic carbocycles. The molecule has 1 aromatic carbocycles.